The number of carbonyl (C=O) groups excluding carboxylic acids is 1. The molecule has 0 aliphatic heterocycles. The van der Waals surface area contributed by atoms with Gasteiger partial charge in [0.2, 0.25) is 0 Å². The topological polar surface area (TPSA) is 26.3 Å². The smallest absolute Gasteiger partial charge is 0.338 e. The van der Waals surface area contributed by atoms with E-state index < -0.39 is 0 Å². The van der Waals surface area contributed by atoms with Crippen molar-refractivity contribution in [1.29, 1.82) is 0 Å². The predicted octanol–water partition coefficient (Wildman–Crippen LogP) is 7.99. The summed E-state index contributed by atoms with van der Waals surface area (Å²) >= 11 is 0. The summed E-state index contributed by atoms with van der Waals surface area (Å²) in [6.07, 6.45) is 15.6. The highest BCUT2D eigenvalue weighted by Crippen LogP contribution is 2.13. The molecule has 0 bridgehead atoms. The molecule has 0 N–H and O–H groups in total. The highest BCUT2D eigenvalue weighted by molar-refractivity contribution is 5.89. The first-order valence-electron chi connectivity index (χ1n) is 10.7. The highest BCUT2D eigenvalue weighted by atomic mass is 16.5. The second kappa shape index (κ2) is 14.6. The number of allylic oxidation sites excluding steroid dienone is 7. The minimum atomic E-state index is -0.269. The molecular weight excluding hydrogens is 356 g/mol. The van der Waals surface area contributed by atoms with Crippen molar-refractivity contribution in [3.63, 3.8) is 0 Å². The SMILES string of the molecule is CC(C)=CCCC(C)=CCCC(C)=CCCC(C)=CCOC(=O)c1ccccc1. The van der Waals surface area contributed by atoms with Crippen LogP contribution >= 0.6 is 0 Å². The Balaban J connectivity index is 2.24. The Kier molecular flexibility index (Phi) is 12.4. The molecule has 0 amide bonds. The van der Waals surface area contributed by atoms with Crippen LogP contribution in [0.5, 0.6) is 0 Å². The third-order valence-electron chi connectivity index (χ3n) is 4.81. The van der Waals surface area contributed by atoms with E-state index in [4.69, 9.17) is 4.74 Å². The molecule has 29 heavy (non-hydrogen) atoms. The van der Waals surface area contributed by atoms with Gasteiger partial charge in [0.25, 0.3) is 0 Å². The molecular formula is C27H38O2. The summed E-state index contributed by atoms with van der Waals surface area (Å²) in [4.78, 5) is 11.9. The van der Waals surface area contributed by atoms with Crippen LogP contribution in [0.4, 0.5) is 0 Å². The molecule has 158 valence electrons. The lowest BCUT2D eigenvalue weighted by Crippen LogP contribution is -2.04. The molecule has 2 nitrogen and oxygen atoms in total. The Labute approximate surface area is 178 Å². The van der Waals surface area contributed by atoms with Crippen molar-refractivity contribution in [3.8, 4) is 0 Å². The number of ether oxygens (including phenoxy) is 1. The van der Waals surface area contributed by atoms with E-state index in [1.807, 2.05) is 24.3 Å². The molecule has 0 saturated carbocycles. The van der Waals surface area contributed by atoms with Gasteiger partial charge in [-0.05, 0) is 91.4 Å². The molecule has 1 aromatic carbocycles. The van der Waals surface area contributed by atoms with E-state index in [1.54, 1.807) is 12.1 Å². The molecule has 0 saturated heterocycles. The summed E-state index contributed by atoms with van der Waals surface area (Å²) < 4.78 is 5.30. The highest BCUT2D eigenvalue weighted by Gasteiger charge is 2.04. The zero-order chi connectivity index (χ0) is 21.5. The van der Waals surface area contributed by atoms with Gasteiger partial charge >= 0.3 is 5.97 Å². The zero-order valence-electron chi connectivity index (χ0n) is 19.0. The third kappa shape index (κ3) is 12.7. The van der Waals surface area contributed by atoms with Crippen LogP contribution in [0, 0.1) is 0 Å². The van der Waals surface area contributed by atoms with Gasteiger partial charge in [0.1, 0.15) is 6.61 Å². The van der Waals surface area contributed by atoms with Crippen molar-refractivity contribution in [2.24, 2.45) is 0 Å². The van der Waals surface area contributed by atoms with Crippen LogP contribution in [-0.4, -0.2) is 12.6 Å². The minimum Gasteiger partial charge on any atom is -0.458 e. The fourth-order valence-electron chi connectivity index (χ4n) is 2.90. The lowest BCUT2D eigenvalue weighted by atomic mass is 10.0. The second-order valence-electron chi connectivity index (χ2n) is 8.01. The minimum absolute atomic E-state index is 0.269. The molecule has 0 aliphatic rings. The van der Waals surface area contributed by atoms with Crippen LogP contribution in [0.1, 0.15) is 83.5 Å². The molecule has 0 aromatic heterocycles. The van der Waals surface area contributed by atoms with Crippen molar-refractivity contribution in [2.45, 2.75) is 73.1 Å². The average Bonchev–Trinajstić information content (AvgIpc) is 2.68. The second-order valence-corrected chi connectivity index (χ2v) is 8.01. The molecule has 0 atom stereocenters. The predicted molar refractivity (Wildman–Crippen MR) is 125 cm³/mol. The van der Waals surface area contributed by atoms with E-state index in [0.29, 0.717) is 12.2 Å². The van der Waals surface area contributed by atoms with Gasteiger partial charge in [-0.1, -0.05) is 58.7 Å². The largest absolute Gasteiger partial charge is 0.458 e. The van der Waals surface area contributed by atoms with Gasteiger partial charge < -0.3 is 4.74 Å². The summed E-state index contributed by atoms with van der Waals surface area (Å²) in [5, 5.41) is 0. The summed E-state index contributed by atoms with van der Waals surface area (Å²) in [6.45, 7) is 11.2. The maximum absolute atomic E-state index is 11.9. The number of esters is 1. The van der Waals surface area contributed by atoms with Crippen molar-refractivity contribution in [3.05, 3.63) is 82.5 Å². The lowest BCUT2D eigenvalue weighted by Gasteiger charge is -2.04. The lowest BCUT2D eigenvalue weighted by molar-refractivity contribution is 0.0549. The summed E-state index contributed by atoms with van der Waals surface area (Å²) in [7, 11) is 0. The van der Waals surface area contributed by atoms with Gasteiger partial charge in [-0.25, -0.2) is 4.79 Å². The third-order valence-corrected chi connectivity index (χ3v) is 4.81. The van der Waals surface area contributed by atoms with Crippen molar-refractivity contribution in [1.82, 2.24) is 0 Å². The van der Waals surface area contributed by atoms with Crippen molar-refractivity contribution in [2.75, 3.05) is 6.61 Å². The van der Waals surface area contributed by atoms with Crippen molar-refractivity contribution >= 4 is 5.97 Å². The number of benzene rings is 1. The summed E-state index contributed by atoms with van der Waals surface area (Å²) in [5.74, 6) is -0.269. The van der Waals surface area contributed by atoms with Crippen molar-refractivity contribution < 1.29 is 9.53 Å². The number of carbonyl (C=O) groups is 1. The monoisotopic (exact) mass is 394 g/mol. The van der Waals surface area contributed by atoms with E-state index in [0.717, 1.165) is 38.5 Å². The normalized spacial score (nSPS) is 12.7. The Morgan fingerprint density at radius 2 is 1.21 bits per heavy atom. The van der Waals surface area contributed by atoms with E-state index in [1.165, 1.54) is 22.3 Å². The van der Waals surface area contributed by atoms with Crippen LogP contribution in [0.3, 0.4) is 0 Å². The average molecular weight is 395 g/mol. The molecule has 0 fully saturated rings. The number of hydrogen-bond donors (Lipinski definition) is 0. The molecule has 1 aromatic rings. The Hall–Kier alpha value is -2.35. The fourth-order valence-corrected chi connectivity index (χ4v) is 2.90. The van der Waals surface area contributed by atoms with Gasteiger partial charge in [0.05, 0.1) is 5.56 Å². The standard InChI is InChI=1S/C27H38O2/c1-22(2)12-9-13-23(3)14-10-15-24(4)16-11-17-25(5)20-21-29-27(28)26-18-7-6-8-19-26/h6-8,12,14,16,18-20H,9-11,13,15,17,21H2,1-5H3. The maximum atomic E-state index is 11.9. The summed E-state index contributed by atoms with van der Waals surface area (Å²) in [5.41, 5.74) is 6.18. The van der Waals surface area contributed by atoms with Crippen LogP contribution in [0.15, 0.2) is 76.9 Å². The quantitative estimate of drug-likeness (QED) is 0.265. The van der Waals surface area contributed by atoms with E-state index in [9.17, 15) is 4.79 Å². The van der Waals surface area contributed by atoms with Crippen LogP contribution in [0.2, 0.25) is 0 Å². The summed E-state index contributed by atoms with van der Waals surface area (Å²) in [6, 6.07) is 9.11. The molecule has 0 radical (unpaired) electrons. The van der Waals surface area contributed by atoms with E-state index >= 15 is 0 Å². The number of hydrogen-bond acceptors (Lipinski definition) is 2. The van der Waals surface area contributed by atoms with Crippen LogP contribution in [0.25, 0.3) is 0 Å². The van der Waals surface area contributed by atoms with E-state index in [2.05, 4.69) is 52.8 Å². The maximum Gasteiger partial charge on any atom is 0.338 e. The van der Waals surface area contributed by atoms with Crippen LogP contribution < -0.4 is 0 Å². The first kappa shape index (κ1) is 24.7. The van der Waals surface area contributed by atoms with E-state index in [-0.39, 0.29) is 5.97 Å². The van der Waals surface area contributed by atoms with Gasteiger partial charge in [-0.15, -0.1) is 0 Å². The van der Waals surface area contributed by atoms with Gasteiger partial charge in [-0.3, -0.25) is 0 Å². The molecule has 1 rings (SSSR count). The molecule has 0 aliphatic carbocycles. The molecule has 2 heteroatoms. The molecule has 0 spiro atoms. The first-order chi connectivity index (χ1) is 13.9. The van der Waals surface area contributed by atoms with Crippen LogP contribution in [-0.2, 0) is 4.74 Å². The van der Waals surface area contributed by atoms with Gasteiger partial charge in [-0.2, -0.15) is 0 Å². The number of rotatable bonds is 12. The molecule has 0 heterocycles. The Bertz CT molecular complexity index is 729. The molecule has 0 unspecified atom stereocenters. The Morgan fingerprint density at radius 1 is 0.724 bits per heavy atom. The zero-order valence-corrected chi connectivity index (χ0v) is 19.0. The van der Waals surface area contributed by atoms with Gasteiger partial charge in [0.15, 0.2) is 0 Å². The Morgan fingerprint density at radius 3 is 1.72 bits per heavy atom. The van der Waals surface area contributed by atoms with Gasteiger partial charge in [0, 0.05) is 0 Å². The first-order valence-corrected chi connectivity index (χ1v) is 10.7. The fraction of sp³-hybridized carbons (Fsp3) is 0.444.